The lowest BCUT2D eigenvalue weighted by atomic mass is 9.90. The van der Waals surface area contributed by atoms with E-state index in [1.165, 1.54) is 6.07 Å². The summed E-state index contributed by atoms with van der Waals surface area (Å²) in [6.07, 6.45) is 0.158. The minimum absolute atomic E-state index is 0.0117. The van der Waals surface area contributed by atoms with E-state index in [-0.39, 0.29) is 24.6 Å². The number of anilines is 2. The van der Waals surface area contributed by atoms with E-state index in [1.54, 1.807) is 19.1 Å². The van der Waals surface area contributed by atoms with Crippen LogP contribution in [0.15, 0.2) is 60.7 Å². The van der Waals surface area contributed by atoms with Crippen LogP contribution in [0, 0.1) is 12.7 Å². The first-order chi connectivity index (χ1) is 17.4. The molecule has 2 aliphatic rings. The lowest BCUT2D eigenvalue weighted by Gasteiger charge is -2.37. The van der Waals surface area contributed by atoms with Gasteiger partial charge in [-0.25, -0.2) is 4.39 Å². The first-order valence-corrected chi connectivity index (χ1v) is 12.3. The van der Waals surface area contributed by atoms with Gasteiger partial charge < -0.3 is 24.4 Å². The number of carbonyl (C=O) groups excluding carboxylic acids is 1. The highest BCUT2D eigenvalue weighted by atomic mass is 19.1. The molecule has 3 aromatic rings. The van der Waals surface area contributed by atoms with Gasteiger partial charge in [0.2, 0.25) is 0 Å². The maximum atomic E-state index is 14.0. The molecule has 0 amide bonds. The molecule has 7 heteroatoms. The molecule has 0 radical (unpaired) electrons. The van der Waals surface area contributed by atoms with Gasteiger partial charge in [0.05, 0.1) is 30.9 Å². The minimum atomic E-state index is -0.886. The lowest BCUT2D eigenvalue weighted by molar-refractivity contribution is 0.0189. The number of Topliss-reactive ketones (excluding diaryl/α,β-unsaturated/α-hetero) is 1. The van der Waals surface area contributed by atoms with Crippen molar-refractivity contribution in [3.05, 3.63) is 83.2 Å². The Bertz CT molecular complexity index is 1240. The maximum absolute atomic E-state index is 14.0. The van der Waals surface area contributed by atoms with Crippen molar-refractivity contribution >= 4 is 17.2 Å². The van der Waals surface area contributed by atoms with E-state index in [2.05, 4.69) is 10.2 Å². The number of hydrogen-bond acceptors (Lipinski definition) is 6. The number of ketones is 1. The van der Waals surface area contributed by atoms with Gasteiger partial charge in [-0.1, -0.05) is 36.4 Å². The highest BCUT2D eigenvalue weighted by Crippen LogP contribution is 2.41. The molecule has 5 rings (SSSR count). The van der Waals surface area contributed by atoms with Crippen molar-refractivity contribution in [3.63, 3.8) is 0 Å². The second-order valence-corrected chi connectivity index (χ2v) is 9.61. The average Bonchev–Trinajstić information content (AvgIpc) is 2.89. The highest BCUT2D eigenvalue weighted by molar-refractivity contribution is 6.06. The van der Waals surface area contributed by atoms with Crippen LogP contribution >= 0.6 is 0 Å². The zero-order valence-corrected chi connectivity index (χ0v) is 20.7. The van der Waals surface area contributed by atoms with Gasteiger partial charge in [0, 0.05) is 37.0 Å². The molecular formula is C29H31FN2O4. The summed E-state index contributed by atoms with van der Waals surface area (Å²) in [6, 6.07) is 18.8. The topological polar surface area (TPSA) is 60.0 Å². The van der Waals surface area contributed by atoms with Crippen LogP contribution in [0.4, 0.5) is 15.8 Å². The molecule has 1 atom stereocenters. The third-order valence-corrected chi connectivity index (χ3v) is 6.71. The number of nitrogens with zero attached hydrogens (tertiary/aromatic N) is 1. The molecule has 2 heterocycles. The monoisotopic (exact) mass is 490 g/mol. The van der Waals surface area contributed by atoms with Crippen LogP contribution in [0.3, 0.4) is 0 Å². The van der Waals surface area contributed by atoms with Crippen molar-refractivity contribution in [2.24, 2.45) is 0 Å². The van der Waals surface area contributed by atoms with Crippen molar-refractivity contribution in [2.45, 2.75) is 32.4 Å². The van der Waals surface area contributed by atoms with Gasteiger partial charge in [-0.3, -0.25) is 4.79 Å². The van der Waals surface area contributed by atoms with Gasteiger partial charge >= 0.3 is 0 Å². The quantitative estimate of drug-likeness (QED) is 0.480. The molecule has 6 nitrogen and oxygen atoms in total. The predicted molar refractivity (Wildman–Crippen MR) is 138 cm³/mol. The predicted octanol–water partition coefficient (Wildman–Crippen LogP) is 5.39. The van der Waals surface area contributed by atoms with Gasteiger partial charge in [0.15, 0.2) is 5.78 Å². The summed E-state index contributed by atoms with van der Waals surface area (Å²) in [7, 11) is 0. The number of fused-ring (bicyclic) bond motifs is 1. The van der Waals surface area contributed by atoms with E-state index < -0.39 is 5.60 Å². The molecular weight excluding hydrogens is 459 g/mol. The standard InChI is InChI=1S/C29H31FN2O4/c1-20-23(30)9-6-10-26(20)35-19-29(2)17-25(33)28-24(31-18-21-7-4-3-5-8-21)15-22(16-27(28)36-29)32-11-13-34-14-12-32/h3-10,15-16,31H,11-14,17-19H2,1-2H3. The summed E-state index contributed by atoms with van der Waals surface area (Å²) in [5.74, 6) is 0.647. The van der Waals surface area contributed by atoms with E-state index in [0.29, 0.717) is 42.4 Å². The van der Waals surface area contributed by atoms with E-state index in [1.807, 2.05) is 49.4 Å². The van der Waals surface area contributed by atoms with E-state index in [0.717, 1.165) is 30.0 Å². The number of carbonyl (C=O) groups is 1. The number of nitrogens with one attached hydrogen (secondary N) is 1. The van der Waals surface area contributed by atoms with E-state index >= 15 is 0 Å². The summed E-state index contributed by atoms with van der Waals surface area (Å²) in [4.78, 5) is 15.7. The second kappa shape index (κ2) is 10.2. The molecule has 0 aromatic heterocycles. The number of hydrogen-bond donors (Lipinski definition) is 1. The van der Waals surface area contributed by atoms with Gasteiger partial charge in [-0.05, 0) is 37.6 Å². The molecule has 0 aliphatic carbocycles. The van der Waals surface area contributed by atoms with Gasteiger partial charge in [-0.15, -0.1) is 0 Å². The smallest absolute Gasteiger partial charge is 0.172 e. The van der Waals surface area contributed by atoms with E-state index in [9.17, 15) is 9.18 Å². The SMILES string of the molecule is Cc1c(F)cccc1OCC1(C)CC(=O)c2c(NCc3ccccc3)cc(N3CCOCC3)cc2O1. The fourth-order valence-electron chi connectivity index (χ4n) is 4.69. The van der Waals surface area contributed by atoms with Crippen LogP contribution in [-0.4, -0.2) is 44.3 Å². The third-order valence-electron chi connectivity index (χ3n) is 6.71. The zero-order chi connectivity index (χ0) is 25.1. The lowest BCUT2D eigenvalue weighted by Crippen LogP contribution is -2.44. The summed E-state index contributed by atoms with van der Waals surface area (Å²) in [6.45, 7) is 7.09. The number of benzene rings is 3. The van der Waals surface area contributed by atoms with E-state index in [4.69, 9.17) is 14.2 Å². The molecule has 0 bridgehead atoms. The number of ether oxygens (including phenoxy) is 3. The minimum Gasteiger partial charge on any atom is -0.489 e. The van der Waals surface area contributed by atoms with Crippen LogP contribution in [0.25, 0.3) is 0 Å². The van der Waals surface area contributed by atoms with Gasteiger partial charge in [0.25, 0.3) is 0 Å². The Morgan fingerprint density at radius 3 is 2.64 bits per heavy atom. The number of rotatable bonds is 7. The maximum Gasteiger partial charge on any atom is 0.172 e. The normalized spacial score (nSPS) is 19.4. The first kappa shape index (κ1) is 24.1. The van der Waals surface area contributed by atoms with Crippen molar-refractivity contribution in [2.75, 3.05) is 43.1 Å². The Hall–Kier alpha value is -3.58. The van der Waals surface area contributed by atoms with Crippen LogP contribution in [0.5, 0.6) is 11.5 Å². The molecule has 188 valence electrons. The van der Waals surface area contributed by atoms with Crippen LogP contribution in [-0.2, 0) is 11.3 Å². The molecule has 1 N–H and O–H groups in total. The Morgan fingerprint density at radius 1 is 1.08 bits per heavy atom. The van der Waals surface area contributed by atoms with Gasteiger partial charge in [-0.2, -0.15) is 0 Å². The average molecular weight is 491 g/mol. The fourth-order valence-corrected chi connectivity index (χ4v) is 4.69. The molecule has 1 fully saturated rings. The van der Waals surface area contributed by atoms with Crippen molar-refractivity contribution in [1.29, 1.82) is 0 Å². The van der Waals surface area contributed by atoms with Crippen molar-refractivity contribution in [1.82, 2.24) is 0 Å². The van der Waals surface area contributed by atoms with Gasteiger partial charge in [0.1, 0.15) is 29.5 Å². The Morgan fingerprint density at radius 2 is 1.86 bits per heavy atom. The highest BCUT2D eigenvalue weighted by Gasteiger charge is 2.39. The first-order valence-electron chi connectivity index (χ1n) is 12.3. The zero-order valence-electron chi connectivity index (χ0n) is 20.7. The van der Waals surface area contributed by atoms with Crippen LogP contribution < -0.4 is 19.7 Å². The van der Waals surface area contributed by atoms with Crippen LogP contribution in [0.1, 0.15) is 34.8 Å². The molecule has 0 spiro atoms. The molecule has 1 saturated heterocycles. The Kier molecular flexibility index (Phi) is 6.83. The summed E-state index contributed by atoms with van der Waals surface area (Å²) in [5, 5.41) is 3.47. The number of halogens is 1. The van der Waals surface area contributed by atoms with Crippen LogP contribution in [0.2, 0.25) is 0 Å². The second-order valence-electron chi connectivity index (χ2n) is 9.61. The molecule has 0 saturated carbocycles. The summed E-state index contributed by atoms with van der Waals surface area (Å²) >= 11 is 0. The fraction of sp³-hybridized carbons (Fsp3) is 0.345. The molecule has 2 aliphatic heterocycles. The largest absolute Gasteiger partial charge is 0.489 e. The van der Waals surface area contributed by atoms with Crippen molar-refractivity contribution in [3.8, 4) is 11.5 Å². The summed E-state index contributed by atoms with van der Waals surface area (Å²) in [5.41, 5.74) is 2.96. The molecule has 3 aromatic carbocycles. The number of morpholine rings is 1. The summed E-state index contributed by atoms with van der Waals surface area (Å²) < 4.78 is 31.9. The Balaban J connectivity index is 1.43. The molecule has 1 unspecified atom stereocenters. The van der Waals surface area contributed by atoms with Crippen molar-refractivity contribution < 1.29 is 23.4 Å². The third kappa shape index (κ3) is 5.16. The molecule has 36 heavy (non-hydrogen) atoms. The Labute approximate surface area is 211 Å².